The molecule has 1 unspecified atom stereocenters. The Hall–Kier alpha value is -3.52. The van der Waals surface area contributed by atoms with Crippen LogP contribution in [0.2, 0.25) is 0 Å². The van der Waals surface area contributed by atoms with Crippen LogP contribution in [0, 0.1) is 12.8 Å². The van der Waals surface area contributed by atoms with Crippen molar-refractivity contribution in [3.05, 3.63) is 65.5 Å². The minimum atomic E-state index is -0.219. The number of nitrogens with zero attached hydrogens (tertiary/aromatic N) is 3. The van der Waals surface area contributed by atoms with Crippen molar-refractivity contribution in [2.75, 3.05) is 18.4 Å². The molecule has 0 spiro atoms. The Morgan fingerprint density at radius 3 is 2.55 bits per heavy atom. The summed E-state index contributed by atoms with van der Waals surface area (Å²) in [5.74, 6) is 0.510. The average Bonchev–Trinajstić information content (AvgIpc) is 3.22. The Morgan fingerprint density at radius 2 is 1.90 bits per heavy atom. The van der Waals surface area contributed by atoms with Gasteiger partial charge in [-0.05, 0) is 68.3 Å². The van der Waals surface area contributed by atoms with Crippen molar-refractivity contribution in [2.24, 2.45) is 11.7 Å². The van der Waals surface area contributed by atoms with Crippen LogP contribution in [0.1, 0.15) is 34.6 Å². The van der Waals surface area contributed by atoms with E-state index in [4.69, 9.17) is 10.3 Å². The molecule has 0 aliphatic carbocycles. The van der Waals surface area contributed by atoms with Crippen molar-refractivity contribution in [3.63, 3.8) is 0 Å². The number of aryl methyl sites for hydroxylation is 1. The molecular formula is C23H25N5O3. The second kappa shape index (κ2) is 9.09. The van der Waals surface area contributed by atoms with Crippen LogP contribution < -0.4 is 11.1 Å². The molecule has 1 aliphatic rings. The van der Waals surface area contributed by atoms with Gasteiger partial charge < -0.3 is 15.6 Å². The third kappa shape index (κ3) is 5.16. The van der Waals surface area contributed by atoms with Crippen molar-refractivity contribution in [1.82, 2.24) is 15.0 Å². The van der Waals surface area contributed by atoms with Gasteiger partial charge in [0.15, 0.2) is 5.82 Å². The molecule has 0 saturated carbocycles. The van der Waals surface area contributed by atoms with Gasteiger partial charge >= 0.3 is 0 Å². The van der Waals surface area contributed by atoms with Crippen LogP contribution in [0.4, 0.5) is 5.69 Å². The number of piperidine rings is 1. The summed E-state index contributed by atoms with van der Waals surface area (Å²) in [6.07, 6.45) is 1.85. The Morgan fingerprint density at radius 1 is 1.16 bits per heavy atom. The first-order valence-corrected chi connectivity index (χ1v) is 10.3. The summed E-state index contributed by atoms with van der Waals surface area (Å²) in [5, 5.41) is 6.68. The summed E-state index contributed by atoms with van der Waals surface area (Å²) in [6.45, 7) is 4.17. The summed E-state index contributed by atoms with van der Waals surface area (Å²) in [5.41, 5.74) is 8.61. The van der Waals surface area contributed by atoms with Crippen LogP contribution in [-0.4, -0.2) is 39.9 Å². The minimum Gasteiger partial charge on any atom is -0.369 e. The van der Waals surface area contributed by atoms with E-state index in [9.17, 15) is 9.59 Å². The van der Waals surface area contributed by atoms with Gasteiger partial charge in [-0.1, -0.05) is 17.3 Å². The standard InChI is InChI=1S/C23H25N5O3/c1-15-25-23(31-27-15)18-8-6-17(7-9-18)22(30)26-20-10-4-16(5-11-20)13-28-12-2-3-19(14-28)21(24)29/h4-11,19H,2-3,12-14H2,1H3,(H2,24,29)(H,26,30). The number of rotatable bonds is 6. The number of primary amides is 1. The van der Waals surface area contributed by atoms with Crippen LogP contribution in [0.15, 0.2) is 53.1 Å². The third-order valence-electron chi connectivity index (χ3n) is 5.45. The van der Waals surface area contributed by atoms with E-state index in [1.54, 1.807) is 31.2 Å². The lowest BCUT2D eigenvalue weighted by Crippen LogP contribution is -2.40. The van der Waals surface area contributed by atoms with Crippen molar-refractivity contribution in [3.8, 4) is 11.5 Å². The maximum Gasteiger partial charge on any atom is 0.257 e. The van der Waals surface area contributed by atoms with Crippen molar-refractivity contribution < 1.29 is 14.1 Å². The normalized spacial score (nSPS) is 16.7. The van der Waals surface area contributed by atoms with Gasteiger partial charge in [-0.3, -0.25) is 14.5 Å². The zero-order valence-corrected chi connectivity index (χ0v) is 17.4. The molecule has 3 aromatic rings. The molecule has 8 nitrogen and oxygen atoms in total. The summed E-state index contributed by atoms with van der Waals surface area (Å²) < 4.78 is 5.14. The number of benzene rings is 2. The Bertz CT molecular complexity index is 1060. The van der Waals surface area contributed by atoms with Gasteiger partial charge in [-0.25, -0.2) is 0 Å². The smallest absolute Gasteiger partial charge is 0.257 e. The van der Waals surface area contributed by atoms with E-state index in [1.165, 1.54) is 0 Å². The van der Waals surface area contributed by atoms with Crippen LogP contribution >= 0.6 is 0 Å². The van der Waals surface area contributed by atoms with Gasteiger partial charge in [-0.2, -0.15) is 4.98 Å². The number of hydrogen-bond acceptors (Lipinski definition) is 6. The van der Waals surface area contributed by atoms with Gasteiger partial charge in [0, 0.05) is 29.9 Å². The molecular weight excluding hydrogens is 394 g/mol. The number of carbonyl (C=O) groups is 2. The SMILES string of the molecule is Cc1noc(-c2ccc(C(=O)Nc3ccc(CN4CCCC(C(N)=O)C4)cc3)cc2)n1. The van der Waals surface area contributed by atoms with Crippen LogP contribution in [0.3, 0.4) is 0 Å². The molecule has 1 fully saturated rings. The van der Waals surface area contributed by atoms with Crippen LogP contribution in [0.5, 0.6) is 0 Å². The topological polar surface area (TPSA) is 114 Å². The third-order valence-corrected chi connectivity index (χ3v) is 5.45. The summed E-state index contributed by atoms with van der Waals surface area (Å²) in [4.78, 5) is 30.4. The molecule has 1 atom stereocenters. The average molecular weight is 419 g/mol. The highest BCUT2D eigenvalue weighted by Crippen LogP contribution is 2.20. The number of carbonyl (C=O) groups excluding carboxylic acids is 2. The Labute approximate surface area is 180 Å². The molecule has 1 aliphatic heterocycles. The fourth-order valence-electron chi connectivity index (χ4n) is 3.76. The first kappa shape index (κ1) is 20.7. The van der Waals surface area contributed by atoms with E-state index in [-0.39, 0.29) is 17.7 Å². The van der Waals surface area contributed by atoms with Gasteiger partial charge in [0.25, 0.3) is 11.8 Å². The lowest BCUT2D eigenvalue weighted by molar-refractivity contribution is -0.123. The largest absolute Gasteiger partial charge is 0.369 e. The Kier molecular flexibility index (Phi) is 6.08. The number of aromatic nitrogens is 2. The summed E-state index contributed by atoms with van der Waals surface area (Å²) in [7, 11) is 0. The lowest BCUT2D eigenvalue weighted by Gasteiger charge is -2.31. The Balaban J connectivity index is 1.34. The fourth-order valence-corrected chi connectivity index (χ4v) is 3.76. The van der Waals surface area contributed by atoms with Crippen LogP contribution in [-0.2, 0) is 11.3 Å². The van der Waals surface area contributed by atoms with E-state index in [0.29, 0.717) is 23.8 Å². The molecule has 2 amide bonds. The molecule has 8 heteroatoms. The molecule has 0 radical (unpaired) electrons. The summed E-state index contributed by atoms with van der Waals surface area (Å²) >= 11 is 0. The number of likely N-dealkylation sites (tertiary alicyclic amines) is 1. The molecule has 4 rings (SSSR count). The molecule has 2 heterocycles. The fraction of sp³-hybridized carbons (Fsp3) is 0.304. The van der Waals surface area contributed by atoms with Gasteiger partial charge in [0.1, 0.15) is 0 Å². The van der Waals surface area contributed by atoms with E-state index in [0.717, 1.165) is 42.7 Å². The molecule has 2 aromatic carbocycles. The van der Waals surface area contributed by atoms with Gasteiger partial charge in [-0.15, -0.1) is 0 Å². The number of hydrogen-bond donors (Lipinski definition) is 2. The lowest BCUT2D eigenvalue weighted by atomic mass is 9.97. The second-order valence-corrected chi connectivity index (χ2v) is 7.85. The minimum absolute atomic E-state index is 0.0671. The van der Waals surface area contributed by atoms with Crippen molar-refractivity contribution >= 4 is 17.5 Å². The van der Waals surface area contributed by atoms with E-state index >= 15 is 0 Å². The number of amides is 2. The van der Waals surface area contributed by atoms with Crippen molar-refractivity contribution in [1.29, 1.82) is 0 Å². The maximum atomic E-state index is 12.6. The number of anilines is 1. The molecule has 160 valence electrons. The predicted octanol–water partition coefficient (Wildman–Crippen LogP) is 2.99. The molecule has 1 saturated heterocycles. The highest BCUT2D eigenvalue weighted by atomic mass is 16.5. The highest BCUT2D eigenvalue weighted by molar-refractivity contribution is 6.04. The molecule has 0 bridgehead atoms. The van der Waals surface area contributed by atoms with Crippen LogP contribution in [0.25, 0.3) is 11.5 Å². The predicted molar refractivity (Wildman–Crippen MR) is 116 cm³/mol. The van der Waals surface area contributed by atoms with E-state index in [2.05, 4.69) is 20.4 Å². The quantitative estimate of drug-likeness (QED) is 0.635. The zero-order valence-electron chi connectivity index (χ0n) is 17.4. The van der Waals surface area contributed by atoms with Crippen molar-refractivity contribution in [2.45, 2.75) is 26.3 Å². The second-order valence-electron chi connectivity index (χ2n) is 7.85. The monoisotopic (exact) mass is 419 g/mol. The van der Waals surface area contributed by atoms with Gasteiger partial charge in [0.2, 0.25) is 5.91 Å². The number of nitrogens with two attached hydrogens (primary N) is 1. The molecule has 1 aromatic heterocycles. The maximum absolute atomic E-state index is 12.6. The first-order chi connectivity index (χ1) is 15.0. The zero-order chi connectivity index (χ0) is 21.8. The highest BCUT2D eigenvalue weighted by Gasteiger charge is 2.23. The number of nitrogens with one attached hydrogen (secondary N) is 1. The summed E-state index contributed by atoms with van der Waals surface area (Å²) in [6, 6.07) is 14.8. The first-order valence-electron chi connectivity index (χ1n) is 10.3. The van der Waals surface area contributed by atoms with E-state index < -0.39 is 0 Å². The molecule has 31 heavy (non-hydrogen) atoms. The van der Waals surface area contributed by atoms with Gasteiger partial charge in [0.05, 0.1) is 5.92 Å². The molecule has 3 N–H and O–H groups in total. The van der Waals surface area contributed by atoms with E-state index in [1.807, 2.05) is 24.3 Å².